The first-order chi connectivity index (χ1) is 9.28. The van der Waals surface area contributed by atoms with E-state index < -0.39 is 0 Å². The Kier molecular flexibility index (Phi) is 4.23. The van der Waals surface area contributed by atoms with Crippen molar-refractivity contribution in [3.8, 4) is 0 Å². The second-order valence-electron chi connectivity index (χ2n) is 6.55. The van der Waals surface area contributed by atoms with E-state index in [2.05, 4.69) is 26.1 Å². The van der Waals surface area contributed by atoms with Crippen molar-refractivity contribution in [3.63, 3.8) is 0 Å². The van der Waals surface area contributed by atoms with Gasteiger partial charge >= 0.3 is 0 Å². The first-order valence-corrected chi connectivity index (χ1v) is 7.37. The van der Waals surface area contributed by atoms with E-state index in [4.69, 9.17) is 11.6 Å². The Bertz CT molecular complexity index is 517. The Balaban J connectivity index is 2.18. The van der Waals surface area contributed by atoms with Crippen molar-refractivity contribution >= 4 is 23.0 Å². The number of anilines is 1. The highest BCUT2D eigenvalue weighted by atomic mass is 35.5. The number of benzene rings is 1. The average molecular weight is 297 g/mol. The van der Waals surface area contributed by atoms with E-state index >= 15 is 0 Å². The average Bonchev–Trinajstić information content (AvgIpc) is 2.32. The first kappa shape index (κ1) is 15.1. The van der Waals surface area contributed by atoms with Crippen LogP contribution in [0.2, 0.25) is 5.02 Å². The lowest BCUT2D eigenvalue weighted by molar-refractivity contribution is -0.384. The van der Waals surface area contributed by atoms with Crippen LogP contribution >= 0.6 is 11.6 Å². The van der Waals surface area contributed by atoms with Gasteiger partial charge in [0.1, 0.15) is 5.69 Å². The van der Waals surface area contributed by atoms with Gasteiger partial charge in [0.25, 0.3) is 5.69 Å². The van der Waals surface area contributed by atoms with E-state index in [9.17, 15) is 10.1 Å². The summed E-state index contributed by atoms with van der Waals surface area (Å²) in [6.07, 6.45) is 3.28. The fraction of sp³-hybridized carbons (Fsp3) is 0.600. The predicted octanol–water partition coefficient (Wildman–Crippen LogP) is 4.87. The molecule has 0 bridgehead atoms. The molecule has 0 spiro atoms. The molecule has 0 saturated heterocycles. The molecule has 1 aromatic carbocycles. The molecule has 1 aliphatic rings. The van der Waals surface area contributed by atoms with Crippen LogP contribution in [0.4, 0.5) is 11.4 Å². The third kappa shape index (κ3) is 3.42. The van der Waals surface area contributed by atoms with Crippen LogP contribution in [-0.4, -0.2) is 11.0 Å². The van der Waals surface area contributed by atoms with Crippen LogP contribution in [0.1, 0.15) is 40.0 Å². The van der Waals surface area contributed by atoms with Crippen LogP contribution in [0, 0.1) is 21.4 Å². The van der Waals surface area contributed by atoms with Gasteiger partial charge in [0.15, 0.2) is 0 Å². The Labute approximate surface area is 124 Å². The molecule has 1 N–H and O–H groups in total. The minimum absolute atomic E-state index is 0.0893. The van der Waals surface area contributed by atoms with Crippen LogP contribution in [0.15, 0.2) is 18.2 Å². The first-order valence-electron chi connectivity index (χ1n) is 6.99. The topological polar surface area (TPSA) is 55.2 Å². The van der Waals surface area contributed by atoms with Gasteiger partial charge < -0.3 is 5.32 Å². The summed E-state index contributed by atoms with van der Waals surface area (Å²) in [5.74, 6) is 0.484. The summed E-state index contributed by atoms with van der Waals surface area (Å²) < 4.78 is 0. The standard InChI is InChI=1S/C15H21ClN2O2/c1-10-9-15(2,3)7-6-12(10)17-13-8-11(16)4-5-14(13)18(19)20/h4-5,8,10,12,17H,6-7,9H2,1-3H3. The van der Waals surface area contributed by atoms with Crippen molar-refractivity contribution in [2.24, 2.45) is 11.3 Å². The molecule has 0 heterocycles. The Morgan fingerprint density at radius 2 is 2.15 bits per heavy atom. The molecule has 0 amide bonds. The van der Waals surface area contributed by atoms with Gasteiger partial charge in [-0.15, -0.1) is 0 Å². The van der Waals surface area contributed by atoms with Gasteiger partial charge in [0.2, 0.25) is 0 Å². The number of rotatable bonds is 3. The van der Waals surface area contributed by atoms with Gasteiger partial charge in [-0.25, -0.2) is 0 Å². The smallest absolute Gasteiger partial charge is 0.292 e. The maximum atomic E-state index is 11.1. The van der Waals surface area contributed by atoms with E-state index in [1.165, 1.54) is 6.07 Å². The summed E-state index contributed by atoms with van der Waals surface area (Å²) in [5, 5.41) is 14.9. The molecule has 20 heavy (non-hydrogen) atoms. The third-order valence-corrected chi connectivity index (χ3v) is 4.42. The Morgan fingerprint density at radius 3 is 2.75 bits per heavy atom. The maximum absolute atomic E-state index is 11.1. The van der Waals surface area contributed by atoms with Gasteiger partial charge in [-0.05, 0) is 42.7 Å². The number of hydrogen-bond donors (Lipinski definition) is 1. The summed E-state index contributed by atoms with van der Waals surface area (Å²) in [6.45, 7) is 6.76. The highest BCUT2D eigenvalue weighted by Gasteiger charge is 2.33. The monoisotopic (exact) mass is 296 g/mol. The molecule has 0 aromatic heterocycles. The zero-order chi connectivity index (χ0) is 14.9. The lowest BCUT2D eigenvalue weighted by atomic mass is 9.70. The van der Waals surface area contributed by atoms with Crippen LogP contribution in [0.5, 0.6) is 0 Å². The van der Waals surface area contributed by atoms with Gasteiger partial charge in [0.05, 0.1) is 4.92 Å². The number of hydrogen-bond acceptors (Lipinski definition) is 3. The van der Waals surface area contributed by atoms with Crippen LogP contribution < -0.4 is 5.32 Å². The van der Waals surface area contributed by atoms with E-state index in [0.717, 1.165) is 19.3 Å². The van der Waals surface area contributed by atoms with Crippen molar-refractivity contribution in [1.82, 2.24) is 0 Å². The molecule has 0 aliphatic heterocycles. The third-order valence-electron chi connectivity index (χ3n) is 4.19. The molecule has 2 atom stereocenters. The number of nitro groups is 1. The summed E-state index contributed by atoms with van der Waals surface area (Å²) in [5.41, 5.74) is 0.975. The van der Waals surface area contributed by atoms with Crippen molar-refractivity contribution < 1.29 is 4.92 Å². The molecule has 1 aromatic rings. The fourth-order valence-corrected chi connectivity index (χ4v) is 3.32. The molecule has 2 unspecified atom stereocenters. The van der Waals surface area contributed by atoms with E-state index in [-0.39, 0.29) is 16.7 Å². The lowest BCUT2D eigenvalue weighted by Crippen LogP contribution is -2.37. The molecule has 4 nitrogen and oxygen atoms in total. The summed E-state index contributed by atoms with van der Waals surface area (Å²) in [7, 11) is 0. The summed E-state index contributed by atoms with van der Waals surface area (Å²) >= 11 is 5.96. The van der Waals surface area contributed by atoms with Crippen molar-refractivity contribution in [1.29, 1.82) is 0 Å². The molecule has 1 saturated carbocycles. The van der Waals surface area contributed by atoms with Crippen LogP contribution in [0.25, 0.3) is 0 Å². The maximum Gasteiger partial charge on any atom is 0.292 e. The number of nitro benzene ring substituents is 1. The predicted molar refractivity (Wildman–Crippen MR) is 82.3 cm³/mol. The second kappa shape index (κ2) is 5.60. The minimum Gasteiger partial charge on any atom is -0.376 e. The highest BCUT2D eigenvalue weighted by molar-refractivity contribution is 6.31. The van der Waals surface area contributed by atoms with Crippen molar-refractivity contribution in [2.45, 2.75) is 46.1 Å². The summed E-state index contributed by atoms with van der Waals surface area (Å²) in [6, 6.07) is 4.92. The fourth-order valence-electron chi connectivity index (χ4n) is 3.14. The SMILES string of the molecule is CC1CC(C)(C)CCC1Nc1cc(Cl)ccc1[N+](=O)[O-]. The second-order valence-corrected chi connectivity index (χ2v) is 6.99. The van der Waals surface area contributed by atoms with Crippen LogP contribution in [-0.2, 0) is 0 Å². The van der Waals surface area contributed by atoms with E-state index in [1.807, 2.05) is 0 Å². The van der Waals surface area contributed by atoms with E-state index in [0.29, 0.717) is 22.0 Å². The molecular formula is C15H21ClN2O2. The molecule has 110 valence electrons. The molecule has 5 heteroatoms. The Morgan fingerprint density at radius 1 is 1.45 bits per heavy atom. The van der Waals surface area contributed by atoms with Crippen molar-refractivity contribution in [3.05, 3.63) is 33.3 Å². The molecule has 1 fully saturated rings. The van der Waals surface area contributed by atoms with Crippen molar-refractivity contribution in [2.75, 3.05) is 5.32 Å². The molecule has 0 radical (unpaired) electrons. The number of nitrogens with zero attached hydrogens (tertiary/aromatic N) is 1. The van der Waals surface area contributed by atoms with Gasteiger partial charge in [-0.3, -0.25) is 10.1 Å². The lowest BCUT2D eigenvalue weighted by Gasteiger charge is -2.39. The summed E-state index contributed by atoms with van der Waals surface area (Å²) in [4.78, 5) is 10.7. The molecule has 1 aliphatic carbocycles. The zero-order valence-electron chi connectivity index (χ0n) is 12.1. The van der Waals surface area contributed by atoms with Crippen LogP contribution in [0.3, 0.4) is 0 Å². The van der Waals surface area contributed by atoms with Gasteiger partial charge in [0, 0.05) is 17.1 Å². The normalized spacial score (nSPS) is 25.2. The largest absolute Gasteiger partial charge is 0.376 e. The minimum atomic E-state index is -0.365. The molecular weight excluding hydrogens is 276 g/mol. The Hall–Kier alpha value is -1.29. The van der Waals surface area contributed by atoms with Gasteiger partial charge in [-0.1, -0.05) is 32.4 Å². The highest BCUT2D eigenvalue weighted by Crippen LogP contribution is 2.40. The van der Waals surface area contributed by atoms with Gasteiger partial charge in [-0.2, -0.15) is 0 Å². The molecule has 2 rings (SSSR count). The zero-order valence-corrected chi connectivity index (χ0v) is 12.9. The quantitative estimate of drug-likeness (QED) is 0.639. The van der Waals surface area contributed by atoms with E-state index in [1.54, 1.807) is 12.1 Å². The number of halogens is 1. The number of nitrogens with one attached hydrogen (secondary N) is 1.